The average Bonchev–Trinajstić information content (AvgIpc) is 2.95. The molecule has 5 nitrogen and oxygen atoms in total. The predicted molar refractivity (Wildman–Crippen MR) is 71.3 cm³/mol. The van der Waals surface area contributed by atoms with Crippen molar-refractivity contribution in [1.29, 1.82) is 0 Å². The molecule has 0 saturated carbocycles. The lowest BCUT2D eigenvalue weighted by Crippen LogP contribution is -2.10. The van der Waals surface area contributed by atoms with Crippen LogP contribution in [0.3, 0.4) is 0 Å². The number of aromatic nitrogens is 4. The van der Waals surface area contributed by atoms with Gasteiger partial charge in [0.25, 0.3) is 5.78 Å². The van der Waals surface area contributed by atoms with Crippen LogP contribution in [0.5, 0.6) is 5.75 Å². The van der Waals surface area contributed by atoms with Crippen molar-refractivity contribution in [3.8, 4) is 5.75 Å². The Morgan fingerprint density at radius 1 is 1.09 bits per heavy atom. The normalized spacial score (nSPS) is 13.3. The van der Waals surface area contributed by atoms with Gasteiger partial charge in [-0.25, -0.2) is 4.98 Å². The van der Waals surface area contributed by atoms with Gasteiger partial charge in [-0.05, 0) is 37.3 Å². The number of rotatable bonds is 3. The molecule has 1 atom stereocenters. The molecule has 1 unspecified atom stereocenters. The topological polar surface area (TPSA) is 52.3 Å². The summed E-state index contributed by atoms with van der Waals surface area (Å²) in [4.78, 5) is 8.01. The van der Waals surface area contributed by atoms with Crippen LogP contribution in [0, 0.1) is 0 Å². The molecule has 2 aromatic heterocycles. The summed E-state index contributed by atoms with van der Waals surface area (Å²) in [6.07, 6.45) is -1.84. The Labute approximate surface area is 123 Å². The monoisotopic (exact) mass is 308 g/mol. The largest absolute Gasteiger partial charge is 0.484 e. The number of halogens is 3. The smallest absolute Gasteiger partial charge is 0.416 e. The first kappa shape index (κ1) is 14.3. The molecule has 0 amide bonds. The molecule has 0 saturated heterocycles. The second-order valence-electron chi connectivity index (χ2n) is 4.62. The lowest BCUT2D eigenvalue weighted by atomic mass is 10.2. The summed E-state index contributed by atoms with van der Waals surface area (Å²) in [7, 11) is 0. The Bertz CT molecular complexity index is 783. The summed E-state index contributed by atoms with van der Waals surface area (Å²) in [5.74, 6) is 0.769. The molecule has 0 aliphatic rings. The van der Waals surface area contributed by atoms with Gasteiger partial charge in [0, 0.05) is 6.20 Å². The molecule has 1 aromatic carbocycles. The molecule has 22 heavy (non-hydrogen) atoms. The zero-order valence-corrected chi connectivity index (χ0v) is 11.4. The van der Waals surface area contributed by atoms with Crippen molar-refractivity contribution in [2.45, 2.75) is 19.2 Å². The molecule has 0 bridgehead atoms. The zero-order valence-electron chi connectivity index (χ0n) is 11.4. The van der Waals surface area contributed by atoms with Crippen molar-refractivity contribution in [2.75, 3.05) is 0 Å². The van der Waals surface area contributed by atoms with Crippen LogP contribution in [0.4, 0.5) is 13.2 Å². The first-order valence-corrected chi connectivity index (χ1v) is 6.44. The van der Waals surface area contributed by atoms with Gasteiger partial charge in [0.05, 0.1) is 11.3 Å². The predicted octanol–water partition coefficient (Wildman–Crippen LogP) is 3.28. The summed E-state index contributed by atoms with van der Waals surface area (Å²) in [6, 6.07) is 6.27. The molecule has 2 heterocycles. The average molecular weight is 308 g/mol. The number of fused-ring (bicyclic) bond motifs is 1. The van der Waals surface area contributed by atoms with Gasteiger partial charge in [0.2, 0.25) is 0 Å². The number of benzene rings is 1. The van der Waals surface area contributed by atoms with Crippen molar-refractivity contribution in [3.63, 3.8) is 0 Å². The summed E-state index contributed by atoms with van der Waals surface area (Å²) in [6.45, 7) is 1.77. The molecule has 3 rings (SSSR count). The van der Waals surface area contributed by atoms with Crippen LogP contribution in [-0.2, 0) is 6.18 Å². The Morgan fingerprint density at radius 2 is 1.82 bits per heavy atom. The SMILES string of the molecule is CC(Oc1ccc(C(F)(F)F)cc1)c1ccnc2ncnn12. The highest BCUT2D eigenvalue weighted by molar-refractivity contribution is 5.31. The Kier molecular flexibility index (Phi) is 3.44. The van der Waals surface area contributed by atoms with E-state index in [4.69, 9.17) is 4.74 Å². The van der Waals surface area contributed by atoms with Crippen molar-refractivity contribution in [3.05, 3.63) is 54.1 Å². The zero-order chi connectivity index (χ0) is 15.7. The van der Waals surface area contributed by atoms with Crippen LogP contribution in [0.15, 0.2) is 42.9 Å². The summed E-state index contributed by atoms with van der Waals surface area (Å²) in [5.41, 5.74) is -0.0162. The third-order valence-corrected chi connectivity index (χ3v) is 3.12. The molecule has 0 spiro atoms. The number of alkyl halides is 3. The molecule has 0 radical (unpaired) electrons. The van der Waals surface area contributed by atoms with E-state index in [0.29, 0.717) is 17.2 Å². The van der Waals surface area contributed by atoms with E-state index in [-0.39, 0.29) is 0 Å². The fraction of sp³-hybridized carbons (Fsp3) is 0.214. The van der Waals surface area contributed by atoms with E-state index in [1.807, 2.05) is 0 Å². The number of nitrogens with zero attached hydrogens (tertiary/aromatic N) is 4. The second kappa shape index (κ2) is 5.28. The highest BCUT2D eigenvalue weighted by Crippen LogP contribution is 2.31. The van der Waals surface area contributed by atoms with Crippen molar-refractivity contribution >= 4 is 5.78 Å². The van der Waals surface area contributed by atoms with Gasteiger partial charge in [-0.15, -0.1) is 0 Å². The first-order valence-electron chi connectivity index (χ1n) is 6.44. The number of hydrogen-bond acceptors (Lipinski definition) is 4. The number of ether oxygens (including phenoxy) is 1. The maximum atomic E-state index is 12.5. The lowest BCUT2D eigenvalue weighted by molar-refractivity contribution is -0.137. The van der Waals surface area contributed by atoms with Crippen molar-refractivity contribution in [2.24, 2.45) is 0 Å². The second-order valence-corrected chi connectivity index (χ2v) is 4.62. The quantitative estimate of drug-likeness (QED) is 0.745. The summed E-state index contributed by atoms with van der Waals surface area (Å²) in [5, 5.41) is 4.04. The summed E-state index contributed by atoms with van der Waals surface area (Å²) < 4.78 is 44.7. The third-order valence-electron chi connectivity index (χ3n) is 3.12. The Hall–Kier alpha value is -2.64. The van der Waals surface area contributed by atoms with E-state index >= 15 is 0 Å². The van der Waals surface area contributed by atoms with E-state index in [1.54, 1.807) is 19.2 Å². The highest BCUT2D eigenvalue weighted by atomic mass is 19.4. The maximum Gasteiger partial charge on any atom is 0.416 e. The van der Waals surface area contributed by atoms with Gasteiger partial charge in [0.15, 0.2) is 0 Å². The molecule has 8 heteroatoms. The van der Waals surface area contributed by atoms with Crippen LogP contribution >= 0.6 is 0 Å². The third kappa shape index (κ3) is 2.72. The van der Waals surface area contributed by atoms with Crippen LogP contribution < -0.4 is 4.74 Å². The Morgan fingerprint density at radius 3 is 2.50 bits per heavy atom. The van der Waals surface area contributed by atoms with Crippen LogP contribution in [0.2, 0.25) is 0 Å². The van der Waals surface area contributed by atoms with E-state index in [0.717, 1.165) is 12.1 Å². The van der Waals surface area contributed by atoms with Gasteiger partial charge < -0.3 is 4.74 Å². The number of hydrogen-bond donors (Lipinski definition) is 0. The fourth-order valence-electron chi connectivity index (χ4n) is 2.05. The first-order chi connectivity index (χ1) is 10.4. The van der Waals surface area contributed by atoms with Crippen molar-refractivity contribution < 1.29 is 17.9 Å². The minimum absolute atomic E-state index is 0.338. The van der Waals surface area contributed by atoms with Gasteiger partial charge in [-0.1, -0.05) is 0 Å². The molecule has 0 fully saturated rings. The fourth-order valence-corrected chi connectivity index (χ4v) is 2.05. The summed E-state index contributed by atoms with van der Waals surface area (Å²) >= 11 is 0. The van der Waals surface area contributed by atoms with Crippen LogP contribution in [-0.4, -0.2) is 19.6 Å². The van der Waals surface area contributed by atoms with Gasteiger partial charge >= 0.3 is 6.18 Å². The molecule has 114 valence electrons. The molecule has 3 aromatic rings. The minimum atomic E-state index is -4.36. The van der Waals surface area contributed by atoms with E-state index in [9.17, 15) is 13.2 Å². The van der Waals surface area contributed by atoms with Crippen LogP contribution in [0.25, 0.3) is 5.78 Å². The Balaban J connectivity index is 1.82. The lowest BCUT2D eigenvalue weighted by Gasteiger charge is -2.16. The molecule has 0 N–H and O–H groups in total. The molecule has 0 aliphatic carbocycles. The molecular weight excluding hydrogens is 297 g/mol. The van der Waals surface area contributed by atoms with Crippen molar-refractivity contribution in [1.82, 2.24) is 19.6 Å². The van der Waals surface area contributed by atoms with E-state index < -0.39 is 17.8 Å². The van der Waals surface area contributed by atoms with Gasteiger partial charge in [-0.2, -0.15) is 27.8 Å². The van der Waals surface area contributed by atoms with Gasteiger partial charge in [0.1, 0.15) is 18.2 Å². The maximum absolute atomic E-state index is 12.5. The van der Waals surface area contributed by atoms with E-state index in [1.165, 1.54) is 23.0 Å². The standard InChI is InChI=1S/C14H11F3N4O/c1-9(12-6-7-18-13-19-8-20-21(12)13)22-11-4-2-10(3-5-11)14(15,16)17/h2-9H,1H3. The van der Waals surface area contributed by atoms with Crippen LogP contribution in [0.1, 0.15) is 24.3 Å². The van der Waals surface area contributed by atoms with Gasteiger partial charge in [-0.3, -0.25) is 0 Å². The highest BCUT2D eigenvalue weighted by Gasteiger charge is 2.30. The molecule has 0 aliphatic heterocycles. The molecular formula is C14H11F3N4O. The minimum Gasteiger partial charge on any atom is -0.484 e. The van der Waals surface area contributed by atoms with E-state index in [2.05, 4.69) is 15.1 Å².